The average molecular weight is 431 g/mol. The average Bonchev–Trinajstić information content (AvgIpc) is 3.23. The molecule has 1 amide bonds. The predicted octanol–water partition coefficient (Wildman–Crippen LogP) is 3.47. The Morgan fingerprint density at radius 3 is 2.62 bits per heavy atom. The number of pyridine rings is 2. The second-order valence-electron chi connectivity index (χ2n) is 8.20. The van der Waals surface area contributed by atoms with Gasteiger partial charge in [0.15, 0.2) is 0 Å². The van der Waals surface area contributed by atoms with E-state index in [1.54, 1.807) is 13.1 Å². The Morgan fingerprint density at radius 1 is 1.03 bits per heavy atom. The van der Waals surface area contributed by atoms with Gasteiger partial charge in [-0.25, -0.2) is 4.98 Å². The van der Waals surface area contributed by atoms with Crippen molar-refractivity contribution in [3.8, 4) is 11.3 Å². The third-order valence-electron chi connectivity index (χ3n) is 5.97. The molecule has 4 N–H and O–H groups in total. The molecular formula is C23H26N8O. The summed E-state index contributed by atoms with van der Waals surface area (Å²) in [5.41, 5.74) is 4.24. The number of carbonyl (C=O) groups excluding carboxylic acids is 1. The Hall–Kier alpha value is -3.75. The summed E-state index contributed by atoms with van der Waals surface area (Å²) in [6, 6.07) is 8.33. The van der Waals surface area contributed by atoms with Gasteiger partial charge in [0.2, 0.25) is 11.9 Å². The molecule has 1 aliphatic rings. The molecule has 0 aromatic carbocycles. The lowest BCUT2D eigenvalue weighted by Crippen LogP contribution is -2.39. The molecule has 164 valence electrons. The van der Waals surface area contributed by atoms with E-state index >= 15 is 0 Å². The van der Waals surface area contributed by atoms with E-state index in [-0.39, 0.29) is 18.0 Å². The van der Waals surface area contributed by atoms with Gasteiger partial charge in [-0.3, -0.25) is 9.78 Å². The first-order chi connectivity index (χ1) is 15.6. The first kappa shape index (κ1) is 20.2. The number of aromatic amines is 1. The Balaban J connectivity index is 1.41. The molecule has 9 heteroatoms. The van der Waals surface area contributed by atoms with Crippen molar-refractivity contribution < 1.29 is 4.79 Å². The maximum atomic E-state index is 11.3. The largest absolute Gasteiger partial charge is 0.372 e. The molecule has 9 nitrogen and oxygen atoms in total. The molecule has 0 bridgehead atoms. The van der Waals surface area contributed by atoms with Gasteiger partial charge in [-0.1, -0.05) is 0 Å². The van der Waals surface area contributed by atoms with Crippen molar-refractivity contribution in [3.05, 3.63) is 36.7 Å². The van der Waals surface area contributed by atoms with Crippen LogP contribution in [0.2, 0.25) is 0 Å². The number of anilines is 2. The first-order valence-corrected chi connectivity index (χ1v) is 10.9. The number of fused-ring (bicyclic) bond motifs is 2. The molecule has 1 fully saturated rings. The lowest BCUT2D eigenvalue weighted by atomic mass is 9.91. The minimum absolute atomic E-state index is 0.0357. The summed E-state index contributed by atoms with van der Waals surface area (Å²) in [6.45, 7) is 1.57. The highest BCUT2D eigenvalue weighted by atomic mass is 16.1. The van der Waals surface area contributed by atoms with Crippen LogP contribution in [0.5, 0.6) is 0 Å². The molecule has 0 saturated heterocycles. The summed E-state index contributed by atoms with van der Waals surface area (Å²) >= 11 is 0. The van der Waals surface area contributed by atoms with Crippen LogP contribution in [0.3, 0.4) is 0 Å². The molecule has 4 aromatic rings. The van der Waals surface area contributed by atoms with Crippen molar-refractivity contribution in [3.63, 3.8) is 0 Å². The number of hydrogen-bond donors (Lipinski definition) is 4. The first-order valence-electron chi connectivity index (χ1n) is 10.9. The zero-order valence-electron chi connectivity index (χ0n) is 18.1. The van der Waals surface area contributed by atoms with E-state index in [1.165, 1.54) is 0 Å². The number of hydrogen-bond acceptors (Lipinski definition) is 7. The fraction of sp³-hybridized carbons (Fsp3) is 0.348. The van der Waals surface area contributed by atoms with Crippen LogP contribution in [0.25, 0.3) is 33.3 Å². The van der Waals surface area contributed by atoms with Crippen LogP contribution >= 0.6 is 0 Å². The van der Waals surface area contributed by atoms with E-state index in [1.807, 2.05) is 37.5 Å². The third kappa shape index (κ3) is 3.93. The summed E-state index contributed by atoms with van der Waals surface area (Å²) in [5.74, 6) is 1.37. The highest BCUT2D eigenvalue weighted by molar-refractivity contribution is 6.01. The summed E-state index contributed by atoms with van der Waals surface area (Å²) in [7, 11) is 1.86. The van der Waals surface area contributed by atoms with Gasteiger partial charge < -0.3 is 20.9 Å². The third-order valence-corrected chi connectivity index (χ3v) is 5.97. The second-order valence-corrected chi connectivity index (χ2v) is 8.20. The predicted molar refractivity (Wildman–Crippen MR) is 125 cm³/mol. The van der Waals surface area contributed by atoms with Crippen molar-refractivity contribution in [1.82, 2.24) is 30.2 Å². The van der Waals surface area contributed by atoms with E-state index in [9.17, 15) is 4.79 Å². The number of rotatable bonds is 5. The van der Waals surface area contributed by atoms with Gasteiger partial charge in [0.25, 0.3) is 0 Å². The summed E-state index contributed by atoms with van der Waals surface area (Å²) in [6.07, 6.45) is 7.52. The van der Waals surface area contributed by atoms with Gasteiger partial charge in [-0.05, 0) is 49.9 Å². The molecule has 0 spiro atoms. The lowest BCUT2D eigenvalue weighted by Gasteiger charge is -2.29. The van der Waals surface area contributed by atoms with E-state index in [0.717, 1.165) is 64.8 Å². The molecule has 5 rings (SSSR count). The molecule has 0 radical (unpaired) electrons. The van der Waals surface area contributed by atoms with Crippen LogP contribution in [-0.2, 0) is 4.79 Å². The van der Waals surface area contributed by atoms with Gasteiger partial charge in [0.05, 0.1) is 22.1 Å². The summed E-state index contributed by atoms with van der Waals surface area (Å²) in [4.78, 5) is 33.2. The number of nitrogens with one attached hydrogen (secondary N) is 4. The summed E-state index contributed by atoms with van der Waals surface area (Å²) in [5, 5.41) is 10.6. The minimum atomic E-state index is 0.0357. The highest BCUT2D eigenvalue weighted by Crippen LogP contribution is 2.33. The monoisotopic (exact) mass is 430 g/mol. The molecule has 1 aliphatic carbocycles. The summed E-state index contributed by atoms with van der Waals surface area (Å²) < 4.78 is 0. The standard InChI is InChI=1S/C23H26N8O/c1-13(32)27-14-5-7-15(8-6-14)28-23-30-21(24-2)20-16(12-26-22(20)31-23)17-9-10-18-19(29-17)4-3-11-25-18/h3-4,9-12,14-15H,5-8H2,1-2H3,(H,27,32)(H3,24,26,28,30,31)/t14-,15+. The number of carbonyl (C=O) groups is 1. The van der Waals surface area contributed by atoms with Crippen LogP contribution in [-0.4, -0.2) is 50.0 Å². The Kier molecular flexibility index (Phi) is 5.30. The van der Waals surface area contributed by atoms with Gasteiger partial charge in [0.1, 0.15) is 11.5 Å². The Morgan fingerprint density at radius 2 is 1.84 bits per heavy atom. The van der Waals surface area contributed by atoms with Crippen LogP contribution in [0.4, 0.5) is 11.8 Å². The molecule has 0 unspecified atom stereocenters. The molecule has 1 saturated carbocycles. The van der Waals surface area contributed by atoms with Gasteiger partial charge >= 0.3 is 0 Å². The Labute approximate surface area is 185 Å². The number of amides is 1. The maximum absolute atomic E-state index is 11.3. The van der Waals surface area contributed by atoms with Crippen LogP contribution in [0.15, 0.2) is 36.7 Å². The van der Waals surface area contributed by atoms with E-state index < -0.39 is 0 Å². The number of aromatic nitrogens is 5. The quantitative estimate of drug-likeness (QED) is 0.383. The van der Waals surface area contributed by atoms with Crippen molar-refractivity contribution in [2.75, 3.05) is 17.7 Å². The van der Waals surface area contributed by atoms with E-state index in [2.05, 4.69) is 25.9 Å². The van der Waals surface area contributed by atoms with E-state index in [4.69, 9.17) is 15.0 Å². The number of nitrogens with zero attached hydrogens (tertiary/aromatic N) is 4. The maximum Gasteiger partial charge on any atom is 0.226 e. The highest BCUT2D eigenvalue weighted by Gasteiger charge is 2.23. The topological polar surface area (TPSA) is 121 Å². The molecule has 0 atom stereocenters. The normalized spacial score (nSPS) is 18.6. The van der Waals surface area contributed by atoms with Gasteiger partial charge in [0, 0.05) is 44.0 Å². The fourth-order valence-electron chi connectivity index (χ4n) is 4.44. The van der Waals surface area contributed by atoms with Crippen molar-refractivity contribution in [2.45, 2.75) is 44.7 Å². The zero-order chi connectivity index (χ0) is 22.1. The Bertz CT molecular complexity index is 1280. The van der Waals surface area contributed by atoms with Crippen LogP contribution < -0.4 is 16.0 Å². The van der Waals surface area contributed by atoms with Crippen molar-refractivity contribution in [1.29, 1.82) is 0 Å². The molecule has 32 heavy (non-hydrogen) atoms. The van der Waals surface area contributed by atoms with Crippen molar-refractivity contribution in [2.24, 2.45) is 0 Å². The molecule has 4 aromatic heterocycles. The zero-order valence-corrected chi connectivity index (χ0v) is 18.1. The van der Waals surface area contributed by atoms with Gasteiger partial charge in [-0.2, -0.15) is 9.97 Å². The van der Waals surface area contributed by atoms with Gasteiger partial charge in [-0.15, -0.1) is 0 Å². The molecular weight excluding hydrogens is 404 g/mol. The SMILES string of the molecule is CNc1nc(N[C@H]2CC[C@@H](NC(C)=O)CC2)nc2[nH]cc(-c3ccc4ncccc4n3)c12. The second kappa shape index (κ2) is 8.41. The van der Waals surface area contributed by atoms with Crippen LogP contribution in [0.1, 0.15) is 32.6 Å². The number of H-pyrrole nitrogens is 1. The van der Waals surface area contributed by atoms with Crippen molar-refractivity contribution >= 4 is 39.7 Å². The van der Waals surface area contributed by atoms with E-state index in [0.29, 0.717) is 5.95 Å². The minimum Gasteiger partial charge on any atom is -0.372 e. The fourth-order valence-corrected chi connectivity index (χ4v) is 4.44. The smallest absolute Gasteiger partial charge is 0.226 e. The lowest BCUT2D eigenvalue weighted by molar-refractivity contribution is -0.119. The molecule has 4 heterocycles. The van der Waals surface area contributed by atoms with Crippen LogP contribution in [0, 0.1) is 0 Å². The molecule has 0 aliphatic heterocycles.